The molecule has 1 aromatic heterocycles. The van der Waals surface area contributed by atoms with Gasteiger partial charge in [0.2, 0.25) is 6.79 Å². The molecule has 1 aliphatic heterocycles. The van der Waals surface area contributed by atoms with Crippen molar-refractivity contribution in [1.82, 2.24) is 10.4 Å². The van der Waals surface area contributed by atoms with Gasteiger partial charge < -0.3 is 9.47 Å². The van der Waals surface area contributed by atoms with E-state index < -0.39 is 0 Å². The van der Waals surface area contributed by atoms with E-state index in [2.05, 4.69) is 48.6 Å². The van der Waals surface area contributed by atoms with Crippen LogP contribution in [0.25, 0.3) is 22.2 Å². The van der Waals surface area contributed by atoms with Crippen LogP contribution >= 0.6 is 0 Å². The number of nitrogens with zero attached hydrogens (tertiary/aromatic N) is 2. The Balaban J connectivity index is 1.42. The number of para-hydroxylation sites is 1. The minimum atomic E-state index is -0.298. The topological polar surface area (TPSA) is 72.8 Å². The summed E-state index contributed by atoms with van der Waals surface area (Å²) in [6.45, 7) is 4.61. The summed E-state index contributed by atoms with van der Waals surface area (Å²) in [4.78, 5) is 17.9. The van der Waals surface area contributed by atoms with Crippen LogP contribution in [0.15, 0.2) is 77.9 Å². The molecule has 0 aliphatic carbocycles. The quantitative estimate of drug-likeness (QED) is 0.292. The molecule has 0 spiro atoms. The van der Waals surface area contributed by atoms with Crippen molar-refractivity contribution >= 4 is 23.0 Å². The minimum Gasteiger partial charge on any atom is -0.454 e. The zero-order valence-electron chi connectivity index (χ0n) is 19.1. The first-order chi connectivity index (χ1) is 16.6. The average Bonchev–Trinajstić information content (AvgIpc) is 3.35. The third-order valence-electron chi connectivity index (χ3n) is 6.13. The summed E-state index contributed by atoms with van der Waals surface area (Å²) < 4.78 is 10.7. The van der Waals surface area contributed by atoms with E-state index in [1.165, 1.54) is 5.56 Å². The predicted molar refractivity (Wildman–Crippen MR) is 134 cm³/mol. The summed E-state index contributed by atoms with van der Waals surface area (Å²) in [6, 6.07) is 23.4. The van der Waals surface area contributed by atoms with Crippen molar-refractivity contribution in [2.24, 2.45) is 5.10 Å². The van der Waals surface area contributed by atoms with Crippen molar-refractivity contribution in [3.8, 4) is 22.8 Å². The van der Waals surface area contributed by atoms with E-state index in [0.29, 0.717) is 23.0 Å². The van der Waals surface area contributed by atoms with Crippen molar-refractivity contribution in [3.63, 3.8) is 0 Å². The molecule has 0 bridgehead atoms. The lowest BCUT2D eigenvalue weighted by Gasteiger charge is -2.11. The smallest absolute Gasteiger partial charge is 0.272 e. The fourth-order valence-corrected chi connectivity index (χ4v) is 3.95. The van der Waals surface area contributed by atoms with E-state index >= 15 is 0 Å². The molecule has 170 valence electrons. The molecule has 1 N–H and O–H groups in total. The molecule has 6 nitrogen and oxygen atoms in total. The van der Waals surface area contributed by atoms with Gasteiger partial charge in [-0.15, -0.1) is 0 Å². The standard InChI is InChI=1S/C28H25N3O3/c1-3-18(2)20-9-11-21(12-10-20)25-15-23(22-6-4-5-7-24(22)30-25)28(32)31-29-16-19-8-13-26-27(14-19)34-17-33-26/h4-16,18H,3,17H2,1-2H3,(H,31,32). The SMILES string of the molecule is CCC(C)c1ccc(-c2cc(C(=O)NN=Cc3ccc4c(c3)OCO4)c3ccccc3n2)cc1. The Morgan fingerprint density at radius 1 is 1.06 bits per heavy atom. The third-order valence-corrected chi connectivity index (χ3v) is 6.13. The second-order valence-corrected chi connectivity index (χ2v) is 8.32. The number of nitrogens with one attached hydrogen (secondary N) is 1. The highest BCUT2D eigenvalue weighted by Gasteiger charge is 2.15. The molecule has 0 fully saturated rings. The molecule has 1 aliphatic rings. The van der Waals surface area contributed by atoms with Crippen molar-refractivity contribution in [3.05, 3.63) is 89.5 Å². The summed E-state index contributed by atoms with van der Waals surface area (Å²) in [6.07, 6.45) is 2.67. The summed E-state index contributed by atoms with van der Waals surface area (Å²) in [5.41, 5.74) is 7.74. The number of carbonyl (C=O) groups excluding carboxylic acids is 1. The van der Waals surface area contributed by atoms with Gasteiger partial charge in [0.1, 0.15) is 0 Å². The number of aromatic nitrogens is 1. The summed E-state index contributed by atoms with van der Waals surface area (Å²) in [7, 11) is 0. The van der Waals surface area contributed by atoms with Gasteiger partial charge in [0, 0.05) is 10.9 Å². The largest absolute Gasteiger partial charge is 0.454 e. The monoisotopic (exact) mass is 451 g/mol. The number of pyridine rings is 1. The Bertz CT molecular complexity index is 1380. The lowest BCUT2D eigenvalue weighted by atomic mass is 9.96. The molecule has 0 saturated heterocycles. The van der Waals surface area contributed by atoms with Crippen molar-refractivity contribution in [1.29, 1.82) is 0 Å². The molecular formula is C28H25N3O3. The van der Waals surface area contributed by atoms with Gasteiger partial charge in [-0.1, -0.05) is 56.3 Å². The van der Waals surface area contributed by atoms with Gasteiger partial charge in [0.05, 0.1) is 23.0 Å². The number of rotatable bonds is 6. The van der Waals surface area contributed by atoms with E-state index in [0.717, 1.165) is 34.1 Å². The van der Waals surface area contributed by atoms with Gasteiger partial charge in [0.15, 0.2) is 11.5 Å². The zero-order chi connectivity index (χ0) is 23.5. The lowest BCUT2D eigenvalue weighted by Crippen LogP contribution is -2.18. The molecule has 0 saturated carbocycles. The molecule has 3 aromatic carbocycles. The van der Waals surface area contributed by atoms with Crippen LogP contribution in [0.2, 0.25) is 0 Å². The molecule has 34 heavy (non-hydrogen) atoms. The fraction of sp³-hybridized carbons (Fsp3) is 0.179. The molecule has 4 aromatic rings. The van der Waals surface area contributed by atoms with Crippen molar-refractivity contribution < 1.29 is 14.3 Å². The van der Waals surface area contributed by atoms with Crippen molar-refractivity contribution in [2.45, 2.75) is 26.2 Å². The maximum Gasteiger partial charge on any atom is 0.272 e. The molecular weight excluding hydrogens is 426 g/mol. The number of fused-ring (bicyclic) bond motifs is 2. The van der Waals surface area contributed by atoms with E-state index in [4.69, 9.17) is 14.5 Å². The highest BCUT2D eigenvalue weighted by atomic mass is 16.7. The minimum absolute atomic E-state index is 0.213. The van der Waals surface area contributed by atoms with Gasteiger partial charge in [-0.2, -0.15) is 5.10 Å². The van der Waals surface area contributed by atoms with Crippen LogP contribution in [0, 0.1) is 0 Å². The maximum atomic E-state index is 13.1. The highest BCUT2D eigenvalue weighted by molar-refractivity contribution is 6.07. The number of amides is 1. The summed E-state index contributed by atoms with van der Waals surface area (Å²) in [5.74, 6) is 1.57. The third kappa shape index (κ3) is 4.35. The number of hydrogen-bond acceptors (Lipinski definition) is 5. The number of hydrazone groups is 1. The normalized spacial score (nSPS) is 13.4. The van der Waals surface area contributed by atoms with Crippen molar-refractivity contribution in [2.75, 3.05) is 6.79 Å². The maximum absolute atomic E-state index is 13.1. The summed E-state index contributed by atoms with van der Waals surface area (Å²) in [5, 5.41) is 4.93. The molecule has 1 unspecified atom stereocenters. The Labute approximate surface area is 198 Å². The van der Waals surface area contributed by atoms with Gasteiger partial charge in [-0.05, 0) is 53.8 Å². The van der Waals surface area contributed by atoms with Gasteiger partial charge in [-0.3, -0.25) is 4.79 Å². The van der Waals surface area contributed by atoms with Crippen LogP contribution < -0.4 is 14.9 Å². The summed E-state index contributed by atoms with van der Waals surface area (Å²) >= 11 is 0. The van der Waals surface area contributed by atoms with Gasteiger partial charge in [0.25, 0.3) is 5.91 Å². The molecule has 5 rings (SSSR count). The number of hydrogen-bond donors (Lipinski definition) is 1. The van der Waals surface area contributed by atoms with Crippen LogP contribution in [-0.2, 0) is 0 Å². The van der Waals surface area contributed by atoms with Crippen LogP contribution in [-0.4, -0.2) is 23.9 Å². The van der Waals surface area contributed by atoms with Crippen LogP contribution in [0.5, 0.6) is 11.5 Å². The first-order valence-corrected chi connectivity index (χ1v) is 11.4. The van der Waals surface area contributed by atoms with Crippen LogP contribution in [0.3, 0.4) is 0 Å². The van der Waals surface area contributed by atoms with Gasteiger partial charge in [-0.25, -0.2) is 10.4 Å². The number of ether oxygens (including phenoxy) is 2. The lowest BCUT2D eigenvalue weighted by molar-refractivity contribution is 0.0956. The number of carbonyl (C=O) groups is 1. The molecule has 6 heteroatoms. The Hall–Kier alpha value is -4.19. The Kier molecular flexibility index (Phi) is 5.95. The second kappa shape index (κ2) is 9.35. The Morgan fingerprint density at radius 2 is 1.85 bits per heavy atom. The highest BCUT2D eigenvalue weighted by Crippen LogP contribution is 2.32. The Morgan fingerprint density at radius 3 is 2.68 bits per heavy atom. The van der Waals surface area contributed by atoms with E-state index in [-0.39, 0.29) is 12.7 Å². The number of benzene rings is 3. The molecule has 1 atom stereocenters. The van der Waals surface area contributed by atoms with Crippen LogP contribution in [0.4, 0.5) is 0 Å². The second-order valence-electron chi connectivity index (χ2n) is 8.32. The first kappa shape index (κ1) is 21.6. The zero-order valence-corrected chi connectivity index (χ0v) is 19.1. The van der Waals surface area contributed by atoms with E-state index in [1.807, 2.05) is 48.5 Å². The predicted octanol–water partition coefficient (Wildman–Crippen LogP) is 5.91. The fourth-order valence-electron chi connectivity index (χ4n) is 3.95. The molecule has 0 radical (unpaired) electrons. The average molecular weight is 452 g/mol. The van der Waals surface area contributed by atoms with E-state index in [9.17, 15) is 4.79 Å². The molecule has 1 amide bonds. The first-order valence-electron chi connectivity index (χ1n) is 11.4. The molecule has 2 heterocycles. The van der Waals surface area contributed by atoms with E-state index in [1.54, 1.807) is 6.21 Å². The van der Waals surface area contributed by atoms with Crippen LogP contribution in [0.1, 0.15) is 47.7 Å². The van der Waals surface area contributed by atoms with Gasteiger partial charge >= 0.3 is 0 Å².